The second-order valence-electron chi connectivity index (χ2n) is 5.54. The predicted molar refractivity (Wildman–Crippen MR) is 105 cm³/mol. The Morgan fingerprint density at radius 3 is 2.40 bits per heavy atom. The standard InChI is InChI=1S/C21H22BrNO2/c1-3-10-20(18-13-8-9-14-19(18)22)23(15-4-2)21(24)25-16-17-11-6-5-7-12-17/h3-9,11-14,20H,1-2,10,15-16H2. The molecule has 0 bridgehead atoms. The van der Waals surface area contributed by atoms with Crippen molar-refractivity contribution in [2.45, 2.75) is 19.1 Å². The lowest BCUT2D eigenvalue weighted by Gasteiger charge is -2.30. The molecular formula is C21H22BrNO2. The Kier molecular flexibility index (Phi) is 7.48. The third-order valence-electron chi connectivity index (χ3n) is 3.80. The van der Waals surface area contributed by atoms with E-state index in [0.29, 0.717) is 13.0 Å². The molecule has 2 aromatic carbocycles. The summed E-state index contributed by atoms with van der Waals surface area (Å²) in [5.74, 6) is 0. The summed E-state index contributed by atoms with van der Waals surface area (Å²) in [6.45, 7) is 8.24. The molecule has 0 N–H and O–H groups in total. The van der Waals surface area contributed by atoms with Crippen LogP contribution >= 0.6 is 15.9 Å². The maximum atomic E-state index is 12.7. The van der Waals surface area contributed by atoms with Crippen molar-refractivity contribution in [1.29, 1.82) is 0 Å². The van der Waals surface area contributed by atoms with Crippen molar-refractivity contribution >= 4 is 22.0 Å². The van der Waals surface area contributed by atoms with Crippen LogP contribution in [0.25, 0.3) is 0 Å². The third kappa shape index (κ3) is 5.33. The van der Waals surface area contributed by atoms with Gasteiger partial charge in [-0.15, -0.1) is 13.2 Å². The quantitative estimate of drug-likeness (QED) is 0.517. The molecule has 0 aliphatic heterocycles. The van der Waals surface area contributed by atoms with E-state index in [4.69, 9.17) is 4.74 Å². The van der Waals surface area contributed by atoms with Crippen molar-refractivity contribution in [1.82, 2.24) is 4.90 Å². The highest BCUT2D eigenvalue weighted by Gasteiger charge is 2.26. The maximum absolute atomic E-state index is 12.7. The first-order valence-electron chi connectivity index (χ1n) is 8.11. The van der Waals surface area contributed by atoms with Crippen molar-refractivity contribution in [2.24, 2.45) is 0 Å². The number of benzene rings is 2. The minimum atomic E-state index is -0.369. The summed E-state index contributed by atoms with van der Waals surface area (Å²) in [4.78, 5) is 14.4. The van der Waals surface area contributed by atoms with Gasteiger partial charge in [0.2, 0.25) is 0 Å². The number of amides is 1. The normalized spacial score (nSPS) is 11.4. The molecule has 0 aromatic heterocycles. The van der Waals surface area contributed by atoms with E-state index in [2.05, 4.69) is 29.1 Å². The molecule has 3 nitrogen and oxygen atoms in total. The van der Waals surface area contributed by atoms with Gasteiger partial charge in [-0.05, 0) is 23.6 Å². The smallest absolute Gasteiger partial charge is 0.410 e. The zero-order valence-corrected chi connectivity index (χ0v) is 15.7. The zero-order chi connectivity index (χ0) is 18.1. The van der Waals surface area contributed by atoms with Crippen LogP contribution < -0.4 is 0 Å². The molecule has 0 radical (unpaired) electrons. The second kappa shape index (κ2) is 9.84. The monoisotopic (exact) mass is 399 g/mol. The number of hydrogen-bond acceptors (Lipinski definition) is 2. The topological polar surface area (TPSA) is 29.5 Å². The van der Waals surface area contributed by atoms with Crippen molar-refractivity contribution in [2.75, 3.05) is 6.54 Å². The van der Waals surface area contributed by atoms with E-state index in [1.54, 1.807) is 11.0 Å². The molecule has 1 unspecified atom stereocenters. The van der Waals surface area contributed by atoms with Crippen LogP contribution in [0.5, 0.6) is 0 Å². The highest BCUT2D eigenvalue weighted by atomic mass is 79.9. The number of nitrogens with zero attached hydrogens (tertiary/aromatic N) is 1. The Hall–Kier alpha value is -2.33. The van der Waals surface area contributed by atoms with Crippen LogP contribution in [0.4, 0.5) is 4.79 Å². The molecule has 1 atom stereocenters. The molecule has 0 saturated carbocycles. The van der Waals surface area contributed by atoms with Gasteiger partial charge in [0.15, 0.2) is 0 Å². The van der Waals surface area contributed by atoms with Crippen molar-refractivity contribution < 1.29 is 9.53 Å². The Labute approximate surface area is 157 Å². The molecule has 25 heavy (non-hydrogen) atoms. The van der Waals surface area contributed by atoms with E-state index < -0.39 is 0 Å². The third-order valence-corrected chi connectivity index (χ3v) is 4.52. The number of rotatable bonds is 8. The molecule has 0 aliphatic carbocycles. The molecule has 130 valence electrons. The summed E-state index contributed by atoms with van der Waals surface area (Å²) in [6, 6.07) is 17.3. The Morgan fingerprint density at radius 2 is 1.76 bits per heavy atom. The first kappa shape index (κ1) is 19.0. The summed E-state index contributed by atoms with van der Waals surface area (Å²) in [5, 5.41) is 0. The van der Waals surface area contributed by atoms with Crippen LogP contribution in [-0.2, 0) is 11.3 Å². The summed E-state index contributed by atoms with van der Waals surface area (Å²) >= 11 is 3.57. The summed E-state index contributed by atoms with van der Waals surface area (Å²) in [5.41, 5.74) is 1.97. The molecule has 4 heteroatoms. The van der Waals surface area contributed by atoms with Crippen LogP contribution in [0.3, 0.4) is 0 Å². The van der Waals surface area contributed by atoms with E-state index in [9.17, 15) is 4.79 Å². The Bertz CT molecular complexity index is 715. The molecule has 2 aromatic rings. The van der Waals surface area contributed by atoms with Crippen molar-refractivity contribution in [3.05, 3.63) is 95.5 Å². The zero-order valence-electron chi connectivity index (χ0n) is 14.1. The van der Waals surface area contributed by atoms with Gasteiger partial charge in [-0.25, -0.2) is 4.79 Å². The molecule has 0 fully saturated rings. The first-order chi connectivity index (χ1) is 12.2. The van der Waals surface area contributed by atoms with Gasteiger partial charge in [-0.2, -0.15) is 0 Å². The predicted octanol–water partition coefficient (Wildman–Crippen LogP) is 5.89. The number of hydrogen-bond donors (Lipinski definition) is 0. The van der Waals surface area contributed by atoms with Crippen LogP contribution in [0.15, 0.2) is 84.4 Å². The van der Waals surface area contributed by atoms with Crippen molar-refractivity contribution in [3.63, 3.8) is 0 Å². The molecule has 1 amide bonds. The minimum Gasteiger partial charge on any atom is -0.445 e. The minimum absolute atomic E-state index is 0.172. The van der Waals surface area contributed by atoms with Gasteiger partial charge in [-0.1, -0.05) is 76.6 Å². The van der Waals surface area contributed by atoms with Crippen molar-refractivity contribution in [3.8, 4) is 0 Å². The number of carbonyl (C=O) groups is 1. The van der Waals surface area contributed by atoms with Crippen LogP contribution in [-0.4, -0.2) is 17.5 Å². The average molecular weight is 400 g/mol. The molecular weight excluding hydrogens is 378 g/mol. The lowest BCUT2D eigenvalue weighted by atomic mass is 10.0. The lowest BCUT2D eigenvalue weighted by molar-refractivity contribution is 0.0851. The van der Waals surface area contributed by atoms with Gasteiger partial charge < -0.3 is 4.74 Å². The van der Waals surface area contributed by atoms with E-state index in [1.807, 2.05) is 60.7 Å². The molecule has 0 spiro atoms. The molecule has 0 saturated heterocycles. The highest BCUT2D eigenvalue weighted by Crippen LogP contribution is 2.31. The fourth-order valence-corrected chi connectivity index (χ4v) is 3.14. The first-order valence-corrected chi connectivity index (χ1v) is 8.90. The van der Waals surface area contributed by atoms with E-state index in [-0.39, 0.29) is 18.7 Å². The fourth-order valence-electron chi connectivity index (χ4n) is 2.60. The highest BCUT2D eigenvalue weighted by molar-refractivity contribution is 9.10. The second-order valence-corrected chi connectivity index (χ2v) is 6.40. The van der Waals surface area contributed by atoms with Gasteiger partial charge in [0.1, 0.15) is 6.61 Å². The fraction of sp³-hybridized carbons (Fsp3) is 0.190. The van der Waals surface area contributed by atoms with Crippen LogP contribution in [0, 0.1) is 0 Å². The molecule has 0 aliphatic rings. The van der Waals surface area contributed by atoms with E-state index in [1.165, 1.54) is 0 Å². The van der Waals surface area contributed by atoms with Gasteiger partial charge in [-0.3, -0.25) is 4.90 Å². The van der Waals surface area contributed by atoms with Crippen LogP contribution in [0.1, 0.15) is 23.6 Å². The Morgan fingerprint density at radius 1 is 1.08 bits per heavy atom. The lowest BCUT2D eigenvalue weighted by Crippen LogP contribution is -2.35. The van der Waals surface area contributed by atoms with E-state index >= 15 is 0 Å². The molecule has 0 heterocycles. The van der Waals surface area contributed by atoms with Gasteiger partial charge in [0.25, 0.3) is 0 Å². The summed E-state index contributed by atoms with van der Waals surface area (Å²) < 4.78 is 6.47. The van der Waals surface area contributed by atoms with Gasteiger partial charge >= 0.3 is 6.09 Å². The molecule has 2 rings (SSSR count). The van der Waals surface area contributed by atoms with E-state index in [0.717, 1.165) is 15.6 Å². The number of halogens is 1. The SMILES string of the molecule is C=CCC(c1ccccc1Br)N(CC=C)C(=O)OCc1ccccc1. The maximum Gasteiger partial charge on any atom is 0.410 e. The summed E-state index contributed by atoms with van der Waals surface area (Å²) in [7, 11) is 0. The average Bonchev–Trinajstić information content (AvgIpc) is 2.64. The van der Waals surface area contributed by atoms with Gasteiger partial charge in [0.05, 0.1) is 6.04 Å². The number of carbonyl (C=O) groups excluding carboxylic acids is 1. The van der Waals surface area contributed by atoms with Gasteiger partial charge in [0, 0.05) is 11.0 Å². The summed E-state index contributed by atoms with van der Waals surface area (Å²) in [6.07, 6.45) is 3.77. The van der Waals surface area contributed by atoms with Crippen LogP contribution in [0.2, 0.25) is 0 Å². The largest absolute Gasteiger partial charge is 0.445 e. The Balaban J connectivity index is 2.20. The number of ether oxygens (including phenoxy) is 1.